The summed E-state index contributed by atoms with van der Waals surface area (Å²) in [5.41, 5.74) is 0.663. The minimum Gasteiger partial charge on any atom is -0.508 e. The molecule has 0 fully saturated rings. The molecule has 0 bridgehead atoms. The van der Waals surface area contributed by atoms with E-state index in [4.69, 9.17) is 14.9 Å². The average molecular weight is 216 g/mol. The summed E-state index contributed by atoms with van der Waals surface area (Å²) in [6.45, 7) is 0. The number of phosphoric acid groups is 1. The van der Waals surface area contributed by atoms with Gasteiger partial charge >= 0.3 is 7.82 Å². The van der Waals surface area contributed by atoms with Crippen LogP contribution in [0, 0.1) is 0 Å². The highest BCUT2D eigenvalue weighted by Gasteiger charge is 2.10. The molecule has 0 radical (unpaired) electrons. The fraction of sp³-hybridized carbons (Fsp3) is 0. The second-order valence-corrected chi connectivity index (χ2v) is 3.68. The van der Waals surface area contributed by atoms with Gasteiger partial charge in [-0.25, -0.2) is 4.57 Å². The van der Waals surface area contributed by atoms with Crippen LogP contribution < -0.4 is 0 Å². The number of phenols is 1. The predicted octanol–water partition coefficient (Wildman–Crippen LogP) is 1.47. The van der Waals surface area contributed by atoms with Crippen LogP contribution in [0.4, 0.5) is 0 Å². The first-order chi connectivity index (χ1) is 6.47. The van der Waals surface area contributed by atoms with Crippen molar-refractivity contribution in [1.82, 2.24) is 0 Å². The number of benzene rings is 1. The average Bonchev–Trinajstić information content (AvgIpc) is 2.06. The summed E-state index contributed by atoms with van der Waals surface area (Å²) >= 11 is 0. The fourth-order valence-corrected chi connectivity index (χ4v) is 0.993. The van der Waals surface area contributed by atoms with Crippen LogP contribution in [0.1, 0.15) is 5.56 Å². The first-order valence-electron chi connectivity index (χ1n) is 3.67. The molecule has 0 spiro atoms. The zero-order valence-electron chi connectivity index (χ0n) is 7.07. The molecular weight excluding hydrogens is 207 g/mol. The number of aromatic hydroxyl groups is 1. The molecule has 3 N–H and O–H groups in total. The van der Waals surface area contributed by atoms with Crippen LogP contribution in [0.15, 0.2) is 30.5 Å². The van der Waals surface area contributed by atoms with E-state index in [0.717, 1.165) is 6.26 Å². The molecule has 1 aromatic carbocycles. The van der Waals surface area contributed by atoms with Crippen molar-refractivity contribution < 1.29 is 24.0 Å². The van der Waals surface area contributed by atoms with Gasteiger partial charge in [0.1, 0.15) is 5.75 Å². The molecule has 0 atom stereocenters. The molecule has 0 aromatic heterocycles. The number of hydrogen-bond donors (Lipinski definition) is 3. The predicted molar refractivity (Wildman–Crippen MR) is 50.3 cm³/mol. The molecular formula is C8H9O5P. The zero-order valence-corrected chi connectivity index (χ0v) is 7.96. The molecule has 14 heavy (non-hydrogen) atoms. The summed E-state index contributed by atoms with van der Waals surface area (Å²) in [4.78, 5) is 16.7. The third-order valence-corrected chi connectivity index (χ3v) is 1.75. The van der Waals surface area contributed by atoms with Crippen molar-refractivity contribution in [2.24, 2.45) is 0 Å². The quantitative estimate of drug-likeness (QED) is 0.526. The summed E-state index contributed by atoms with van der Waals surface area (Å²) in [5.74, 6) is 0.123. The Labute approximate surface area is 80.5 Å². The zero-order chi connectivity index (χ0) is 10.6. The maximum atomic E-state index is 10.3. The molecule has 0 saturated carbocycles. The van der Waals surface area contributed by atoms with Crippen molar-refractivity contribution in [3.63, 3.8) is 0 Å². The van der Waals surface area contributed by atoms with Crippen LogP contribution in [0.25, 0.3) is 6.08 Å². The van der Waals surface area contributed by atoms with Crippen molar-refractivity contribution in [3.8, 4) is 5.75 Å². The van der Waals surface area contributed by atoms with Gasteiger partial charge in [-0.3, -0.25) is 9.79 Å². The third kappa shape index (κ3) is 4.09. The Balaban J connectivity index is 2.61. The third-order valence-electron chi connectivity index (χ3n) is 1.35. The van der Waals surface area contributed by atoms with Gasteiger partial charge in [0.2, 0.25) is 0 Å². The molecule has 0 aliphatic carbocycles. The van der Waals surface area contributed by atoms with E-state index in [1.807, 2.05) is 0 Å². The normalized spacial score (nSPS) is 11.9. The van der Waals surface area contributed by atoms with E-state index in [2.05, 4.69) is 4.52 Å². The lowest BCUT2D eigenvalue weighted by Gasteiger charge is -1.99. The van der Waals surface area contributed by atoms with Crippen LogP contribution in [0.3, 0.4) is 0 Å². The number of phenolic OH excluding ortho intramolecular Hbond substituents is 1. The molecule has 1 rings (SSSR count). The molecule has 0 unspecified atom stereocenters. The van der Waals surface area contributed by atoms with Gasteiger partial charge in [0.25, 0.3) is 0 Å². The lowest BCUT2D eigenvalue weighted by molar-refractivity contribution is 0.259. The molecule has 6 heteroatoms. The maximum absolute atomic E-state index is 10.3. The largest absolute Gasteiger partial charge is 0.524 e. The Hall–Kier alpha value is -1.29. The minimum absolute atomic E-state index is 0.123. The Morgan fingerprint density at radius 2 is 1.79 bits per heavy atom. The van der Waals surface area contributed by atoms with E-state index >= 15 is 0 Å². The summed E-state index contributed by atoms with van der Waals surface area (Å²) in [6, 6.07) is 6.07. The highest BCUT2D eigenvalue weighted by molar-refractivity contribution is 7.46. The summed E-state index contributed by atoms with van der Waals surface area (Å²) < 4.78 is 14.3. The Morgan fingerprint density at radius 1 is 1.21 bits per heavy atom. The van der Waals surface area contributed by atoms with Crippen molar-refractivity contribution in [3.05, 3.63) is 36.1 Å². The monoisotopic (exact) mass is 216 g/mol. The van der Waals surface area contributed by atoms with Gasteiger partial charge in [0.15, 0.2) is 0 Å². The standard InChI is InChI=1S/C8H9O5P/c9-8-3-1-7(2-4-8)5-6-13-14(10,11)12/h1-6,9H,(H2,10,11,12). The van der Waals surface area contributed by atoms with Gasteiger partial charge in [-0.1, -0.05) is 12.1 Å². The SMILES string of the molecule is O=P(O)(O)OC=Cc1ccc(O)cc1. The second kappa shape index (κ2) is 4.28. The fourth-order valence-electron chi connectivity index (χ4n) is 0.774. The lowest BCUT2D eigenvalue weighted by atomic mass is 10.2. The number of phosphoric ester groups is 1. The van der Waals surface area contributed by atoms with Gasteiger partial charge in [-0.15, -0.1) is 0 Å². The first kappa shape index (κ1) is 10.8. The van der Waals surface area contributed by atoms with Crippen molar-refractivity contribution in [2.75, 3.05) is 0 Å². The van der Waals surface area contributed by atoms with Gasteiger partial charge in [-0.2, -0.15) is 0 Å². The van der Waals surface area contributed by atoms with Crippen LogP contribution >= 0.6 is 7.82 Å². The lowest BCUT2D eigenvalue weighted by Crippen LogP contribution is -1.78. The molecule has 0 aliphatic heterocycles. The molecule has 0 aliphatic rings. The van der Waals surface area contributed by atoms with Gasteiger partial charge in [-0.05, 0) is 23.8 Å². The number of hydrogen-bond acceptors (Lipinski definition) is 3. The minimum atomic E-state index is -4.45. The van der Waals surface area contributed by atoms with Crippen LogP contribution in [0.5, 0.6) is 5.75 Å². The number of rotatable bonds is 3. The van der Waals surface area contributed by atoms with E-state index in [0.29, 0.717) is 5.56 Å². The molecule has 5 nitrogen and oxygen atoms in total. The highest BCUT2D eigenvalue weighted by Crippen LogP contribution is 2.36. The molecule has 76 valence electrons. The Morgan fingerprint density at radius 3 is 2.29 bits per heavy atom. The van der Waals surface area contributed by atoms with E-state index in [-0.39, 0.29) is 5.75 Å². The first-order valence-corrected chi connectivity index (χ1v) is 5.20. The van der Waals surface area contributed by atoms with Crippen molar-refractivity contribution in [2.45, 2.75) is 0 Å². The van der Waals surface area contributed by atoms with Crippen molar-refractivity contribution in [1.29, 1.82) is 0 Å². The van der Waals surface area contributed by atoms with E-state index in [9.17, 15) is 4.57 Å². The summed E-state index contributed by atoms with van der Waals surface area (Å²) in [6.07, 6.45) is 2.28. The smallest absolute Gasteiger partial charge is 0.508 e. The van der Waals surface area contributed by atoms with E-state index in [1.165, 1.54) is 18.2 Å². The molecule has 0 heterocycles. The molecule has 0 amide bonds. The van der Waals surface area contributed by atoms with Crippen LogP contribution in [0.2, 0.25) is 0 Å². The van der Waals surface area contributed by atoms with Gasteiger partial charge in [0.05, 0.1) is 6.26 Å². The van der Waals surface area contributed by atoms with Crippen molar-refractivity contribution >= 4 is 13.9 Å². The van der Waals surface area contributed by atoms with Gasteiger partial charge in [0, 0.05) is 0 Å². The second-order valence-electron chi connectivity index (χ2n) is 2.49. The van der Waals surface area contributed by atoms with Crippen LogP contribution in [-0.2, 0) is 9.09 Å². The highest BCUT2D eigenvalue weighted by atomic mass is 31.2. The van der Waals surface area contributed by atoms with E-state index < -0.39 is 7.82 Å². The summed E-state index contributed by atoms with van der Waals surface area (Å²) in [5, 5.41) is 8.93. The van der Waals surface area contributed by atoms with Gasteiger partial charge < -0.3 is 9.63 Å². The Bertz CT molecular complexity index is 364. The Kier molecular flexibility index (Phi) is 3.30. The molecule has 1 aromatic rings. The molecule has 0 saturated heterocycles. The topological polar surface area (TPSA) is 87.0 Å². The maximum Gasteiger partial charge on any atom is 0.524 e. The van der Waals surface area contributed by atoms with E-state index in [1.54, 1.807) is 12.1 Å². The summed E-state index contributed by atoms with van der Waals surface area (Å²) in [7, 11) is -4.45. The van der Waals surface area contributed by atoms with Crippen LogP contribution in [-0.4, -0.2) is 14.9 Å².